The number of aliphatic hydroxyl groups is 1. The van der Waals surface area contributed by atoms with Crippen molar-refractivity contribution >= 4 is 5.69 Å². The fourth-order valence-electron chi connectivity index (χ4n) is 3.82. The molecule has 3 heteroatoms. The first-order chi connectivity index (χ1) is 12.0. The van der Waals surface area contributed by atoms with E-state index >= 15 is 0 Å². The van der Waals surface area contributed by atoms with Crippen LogP contribution in [0.5, 0.6) is 0 Å². The monoisotopic (exact) mass is 338 g/mol. The Labute approximate surface area is 151 Å². The van der Waals surface area contributed by atoms with Crippen molar-refractivity contribution < 1.29 is 5.11 Å². The molecule has 2 aromatic rings. The predicted octanol–water partition coefficient (Wildman–Crippen LogP) is 4.18. The van der Waals surface area contributed by atoms with Crippen molar-refractivity contribution in [1.82, 2.24) is 4.90 Å². The number of rotatable bonds is 5. The fourth-order valence-corrected chi connectivity index (χ4v) is 3.82. The Bertz CT molecular complexity index is 695. The minimum absolute atomic E-state index is 0.114. The molecule has 0 aromatic heterocycles. The van der Waals surface area contributed by atoms with Gasteiger partial charge in [-0.1, -0.05) is 35.9 Å². The molecule has 0 amide bonds. The highest BCUT2D eigenvalue weighted by molar-refractivity contribution is 5.52. The average molecular weight is 338 g/mol. The number of nitrogens with zero attached hydrogens (tertiary/aromatic N) is 1. The largest absolute Gasteiger partial charge is 0.393 e. The molecule has 0 spiro atoms. The van der Waals surface area contributed by atoms with Crippen LogP contribution in [-0.4, -0.2) is 29.2 Å². The molecule has 1 aliphatic rings. The van der Waals surface area contributed by atoms with E-state index in [9.17, 15) is 5.11 Å². The van der Waals surface area contributed by atoms with Gasteiger partial charge in [0.05, 0.1) is 6.10 Å². The second-order valence-corrected chi connectivity index (χ2v) is 7.40. The van der Waals surface area contributed by atoms with E-state index in [2.05, 4.69) is 67.4 Å². The quantitative estimate of drug-likeness (QED) is 0.858. The number of anilines is 1. The minimum atomic E-state index is -0.114. The molecule has 0 aliphatic carbocycles. The first-order valence-electron chi connectivity index (χ1n) is 9.32. The normalized spacial score (nSPS) is 16.2. The van der Waals surface area contributed by atoms with Crippen molar-refractivity contribution in [2.24, 2.45) is 0 Å². The summed E-state index contributed by atoms with van der Waals surface area (Å²) < 4.78 is 0. The van der Waals surface area contributed by atoms with Crippen LogP contribution in [0.15, 0.2) is 36.4 Å². The average Bonchev–Trinajstić information content (AvgIpc) is 2.57. The molecule has 25 heavy (non-hydrogen) atoms. The summed E-state index contributed by atoms with van der Waals surface area (Å²) in [6, 6.07) is 13.1. The first kappa shape index (κ1) is 18.0. The lowest BCUT2D eigenvalue weighted by Crippen LogP contribution is -2.35. The number of aryl methyl sites for hydroxylation is 3. The number of aliphatic hydroxyl groups excluding tert-OH is 1. The van der Waals surface area contributed by atoms with Gasteiger partial charge in [0.1, 0.15) is 0 Å². The Morgan fingerprint density at radius 2 is 1.68 bits per heavy atom. The van der Waals surface area contributed by atoms with Gasteiger partial charge in [-0.25, -0.2) is 0 Å². The van der Waals surface area contributed by atoms with Crippen molar-refractivity contribution in [2.75, 3.05) is 18.4 Å². The van der Waals surface area contributed by atoms with Gasteiger partial charge < -0.3 is 10.4 Å². The zero-order valence-corrected chi connectivity index (χ0v) is 15.7. The van der Waals surface area contributed by atoms with Crippen molar-refractivity contribution in [3.8, 4) is 0 Å². The molecule has 1 heterocycles. The van der Waals surface area contributed by atoms with Crippen LogP contribution in [0, 0.1) is 20.8 Å². The van der Waals surface area contributed by atoms with E-state index in [0.717, 1.165) is 39.0 Å². The summed E-state index contributed by atoms with van der Waals surface area (Å²) >= 11 is 0. The van der Waals surface area contributed by atoms with Crippen LogP contribution in [0.1, 0.15) is 40.7 Å². The van der Waals surface area contributed by atoms with E-state index < -0.39 is 0 Å². The number of nitrogens with one attached hydrogen (secondary N) is 1. The lowest BCUT2D eigenvalue weighted by Gasteiger charge is -2.30. The molecule has 0 bridgehead atoms. The molecule has 1 saturated heterocycles. The van der Waals surface area contributed by atoms with Gasteiger partial charge in [-0.3, -0.25) is 4.90 Å². The molecule has 134 valence electrons. The molecule has 0 atom stereocenters. The summed E-state index contributed by atoms with van der Waals surface area (Å²) in [6.45, 7) is 10.3. The van der Waals surface area contributed by atoms with Crippen molar-refractivity contribution in [2.45, 2.75) is 52.8 Å². The molecule has 1 fully saturated rings. The summed E-state index contributed by atoms with van der Waals surface area (Å²) in [5.74, 6) is 0. The van der Waals surface area contributed by atoms with Gasteiger partial charge in [0.2, 0.25) is 0 Å². The second-order valence-electron chi connectivity index (χ2n) is 7.40. The van der Waals surface area contributed by atoms with E-state index in [-0.39, 0.29) is 6.10 Å². The number of likely N-dealkylation sites (tertiary alicyclic amines) is 1. The summed E-state index contributed by atoms with van der Waals surface area (Å²) in [5.41, 5.74) is 7.97. The van der Waals surface area contributed by atoms with E-state index in [0.29, 0.717) is 0 Å². The van der Waals surface area contributed by atoms with Crippen LogP contribution >= 0.6 is 0 Å². The molecule has 3 rings (SSSR count). The number of para-hydroxylation sites is 1. The van der Waals surface area contributed by atoms with E-state index in [4.69, 9.17) is 0 Å². The van der Waals surface area contributed by atoms with Crippen LogP contribution in [0.4, 0.5) is 5.69 Å². The van der Waals surface area contributed by atoms with Gasteiger partial charge in [-0.05, 0) is 61.9 Å². The molecule has 2 N–H and O–H groups in total. The summed E-state index contributed by atoms with van der Waals surface area (Å²) in [6.07, 6.45) is 1.66. The number of hydrogen-bond acceptors (Lipinski definition) is 3. The SMILES string of the molecule is Cc1cc(C)c(CNc2ccccc2CN2CCC(O)CC2)c(C)c1. The molecule has 2 aromatic carbocycles. The standard InChI is InChI=1S/C22H30N2O/c1-16-12-17(2)21(18(3)13-16)14-23-22-7-5-4-6-19(22)15-24-10-8-20(25)9-11-24/h4-7,12-13,20,23,25H,8-11,14-15H2,1-3H3. The number of piperidine rings is 1. The Balaban J connectivity index is 1.69. The van der Waals surface area contributed by atoms with Gasteiger partial charge in [0, 0.05) is 31.9 Å². The highest BCUT2D eigenvalue weighted by atomic mass is 16.3. The van der Waals surface area contributed by atoms with Crippen LogP contribution < -0.4 is 5.32 Å². The predicted molar refractivity (Wildman–Crippen MR) is 105 cm³/mol. The number of benzene rings is 2. The fraction of sp³-hybridized carbons (Fsp3) is 0.455. The van der Waals surface area contributed by atoms with Gasteiger partial charge in [0.15, 0.2) is 0 Å². The van der Waals surface area contributed by atoms with Crippen LogP contribution in [0.25, 0.3) is 0 Å². The summed E-state index contributed by atoms with van der Waals surface area (Å²) in [5, 5.41) is 13.3. The third-order valence-corrected chi connectivity index (χ3v) is 5.26. The van der Waals surface area contributed by atoms with Crippen LogP contribution in [0.3, 0.4) is 0 Å². The van der Waals surface area contributed by atoms with Gasteiger partial charge in [-0.15, -0.1) is 0 Å². The van der Waals surface area contributed by atoms with Gasteiger partial charge >= 0.3 is 0 Å². The van der Waals surface area contributed by atoms with Gasteiger partial charge in [-0.2, -0.15) is 0 Å². The lowest BCUT2D eigenvalue weighted by molar-refractivity contribution is 0.0793. The lowest BCUT2D eigenvalue weighted by atomic mass is 9.99. The molecule has 0 unspecified atom stereocenters. The maximum atomic E-state index is 9.69. The van der Waals surface area contributed by atoms with E-state index in [1.54, 1.807) is 0 Å². The van der Waals surface area contributed by atoms with E-state index in [1.807, 2.05) is 0 Å². The van der Waals surface area contributed by atoms with Crippen LogP contribution in [-0.2, 0) is 13.1 Å². The third kappa shape index (κ3) is 4.62. The van der Waals surface area contributed by atoms with Crippen molar-refractivity contribution in [3.05, 3.63) is 64.2 Å². The smallest absolute Gasteiger partial charge is 0.0564 e. The Morgan fingerprint density at radius 3 is 2.36 bits per heavy atom. The molecule has 1 aliphatic heterocycles. The minimum Gasteiger partial charge on any atom is -0.393 e. The second kappa shape index (κ2) is 8.03. The molecule has 0 saturated carbocycles. The maximum absolute atomic E-state index is 9.69. The molecular weight excluding hydrogens is 308 g/mol. The molecule has 0 radical (unpaired) electrons. The summed E-state index contributed by atoms with van der Waals surface area (Å²) in [4.78, 5) is 2.44. The topological polar surface area (TPSA) is 35.5 Å². The van der Waals surface area contributed by atoms with Gasteiger partial charge in [0.25, 0.3) is 0 Å². The molecule has 3 nitrogen and oxygen atoms in total. The maximum Gasteiger partial charge on any atom is 0.0564 e. The summed E-state index contributed by atoms with van der Waals surface area (Å²) in [7, 11) is 0. The zero-order chi connectivity index (χ0) is 17.8. The highest BCUT2D eigenvalue weighted by Gasteiger charge is 2.17. The van der Waals surface area contributed by atoms with Crippen LogP contribution in [0.2, 0.25) is 0 Å². The Morgan fingerprint density at radius 1 is 1.04 bits per heavy atom. The van der Waals surface area contributed by atoms with Crippen molar-refractivity contribution in [3.63, 3.8) is 0 Å². The highest BCUT2D eigenvalue weighted by Crippen LogP contribution is 2.22. The molecular formula is C22H30N2O. The Hall–Kier alpha value is -1.84. The Kier molecular flexibility index (Phi) is 5.77. The third-order valence-electron chi connectivity index (χ3n) is 5.26. The first-order valence-corrected chi connectivity index (χ1v) is 9.32. The number of hydrogen-bond donors (Lipinski definition) is 2. The van der Waals surface area contributed by atoms with E-state index in [1.165, 1.54) is 33.5 Å². The zero-order valence-electron chi connectivity index (χ0n) is 15.7. The van der Waals surface area contributed by atoms with Crippen molar-refractivity contribution in [1.29, 1.82) is 0 Å².